The number of pyridine rings is 1. The highest BCUT2D eigenvalue weighted by Crippen LogP contribution is 2.26. The van der Waals surface area contributed by atoms with Crippen LogP contribution in [0.5, 0.6) is 0 Å². The van der Waals surface area contributed by atoms with Gasteiger partial charge >= 0.3 is 0 Å². The van der Waals surface area contributed by atoms with Crippen molar-refractivity contribution in [2.24, 2.45) is 0 Å². The maximum Gasteiger partial charge on any atom is 0.126 e. The van der Waals surface area contributed by atoms with Crippen LogP contribution in [0.15, 0.2) is 42.6 Å². The van der Waals surface area contributed by atoms with Gasteiger partial charge in [-0.3, -0.25) is 0 Å². The summed E-state index contributed by atoms with van der Waals surface area (Å²) >= 11 is 6.21. The molecule has 0 amide bonds. The van der Waals surface area contributed by atoms with Gasteiger partial charge in [-0.1, -0.05) is 56.6 Å². The summed E-state index contributed by atoms with van der Waals surface area (Å²) in [7, 11) is 0. The van der Waals surface area contributed by atoms with E-state index in [0.717, 1.165) is 16.4 Å². The molecule has 3 heteroatoms. The van der Waals surface area contributed by atoms with Crippen LogP contribution in [0.3, 0.4) is 0 Å². The topological polar surface area (TPSA) is 24.9 Å². The van der Waals surface area contributed by atoms with E-state index in [1.54, 1.807) is 0 Å². The molecule has 106 valence electrons. The Morgan fingerprint density at radius 2 is 1.80 bits per heavy atom. The van der Waals surface area contributed by atoms with Gasteiger partial charge in [-0.25, -0.2) is 4.98 Å². The normalized spacial score (nSPS) is 13.1. The minimum atomic E-state index is 0.122. The van der Waals surface area contributed by atoms with E-state index in [0.29, 0.717) is 0 Å². The maximum absolute atomic E-state index is 6.21. The van der Waals surface area contributed by atoms with Crippen molar-refractivity contribution in [3.63, 3.8) is 0 Å². The summed E-state index contributed by atoms with van der Waals surface area (Å²) in [5.74, 6) is 0.866. The summed E-state index contributed by atoms with van der Waals surface area (Å²) in [5.41, 5.74) is 2.43. The lowest BCUT2D eigenvalue weighted by molar-refractivity contribution is 0.587. The Morgan fingerprint density at radius 1 is 1.10 bits per heavy atom. The summed E-state index contributed by atoms with van der Waals surface area (Å²) in [5, 5.41) is 4.16. The molecule has 2 aromatic rings. The number of hydrogen-bond donors (Lipinski definition) is 1. The summed E-state index contributed by atoms with van der Waals surface area (Å²) in [4.78, 5) is 4.49. The third-order valence-corrected chi connectivity index (χ3v) is 3.71. The number of halogens is 1. The number of anilines is 1. The van der Waals surface area contributed by atoms with Gasteiger partial charge in [0.25, 0.3) is 0 Å². The fourth-order valence-electron chi connectivity index (χ4n) is 2.05. The molecule has 0 saturated carbocycles. The van der Waals surface area contributed by atoms with E-state index in [4.69, 9.17) is 11.6 Å². The van der Waals surface area contributed by atoms with Crippen LogP contribution in [0.25, 0.3) is 0 Å². The molecule has 1 aromatic heterocycles. The van der Waals surface area contributed by atoms with Crippen LogP contribution in [0.1, 0.15) is 44.9 Å². The van der Waals surface area contributed by atoms with E-state index in [-0.39, 0.29) is 11.5 Å². The molecule has 0 aliphatic carbocycles. The van der Waals surface area contributed by atoms with Gasteiger partial charge in [0, 0.05) is 11.2 Å². The van der Waals surface area contributed by atoms with Crippen molar-refractivity contribution in [1.29, 1.82) is 0 Å². The van der Waals surface area contributed by atoms with Gasteiger partial charge in [-0.2, -0.15) is 0 Å². The number of rotatable bonds is 3. The number of hydrogen-bond acceptors (Lipinski definition) is 2. The Morgan fingerprint density at radius 3 is 2.35 bits per heavy atom. The lowest BCUT2D eigenvalue weighted by Crippen LogP contribution is -2.13. The molecule has 0 fully saturated rings. The largest absolute Gasteiger partial charge is 0.363 e. The highest BCUT2D eigenvalue weighted by Gasteiger charge is 2.14. The summed E-state index contributed by atoms with van der Waals surface area (Å²) < 4.78 is 0. The lowest BCUT2D eigenvalue weighted by Gasteiger charge is -2.20. The fourth-order valence-corrected chi connectivity index (χ4v) is 2.35. The molecular weight excluding hydrogens is 268 g/mol. The van der Waals surface area contributed by atoms with E-state index in [1.807, 2.05) is 36.5 Å². The minimum Gasteiger partial charge on any atom is -0.363 e. The monoisotopic (exact) mass is 288 g/mol. The van der Waals surface area contributed by atoms with Crippen molar-refractivity contribution in [2.45, 2.75) is 39.2 Å². The molecule has 1 aromatic carbocycles. The minimum absolute atomic E-state index is 0.122. The van der Waals surface area contributed by atoms with Crippen molar-refractivity contribution in [3.8, 4) is 0 Å². The zero-order valence-corrected chi connectivity index (χ0v) is 13.2. The SMILES string of the molecule is CC(Nc1ccc(C(C)(C)C)cn1)c1ccccc1Cl. The van der Waals surface area contributed by atoms with E-state index in [9.17, 15) is 0 Å². The molecule has 0 aliphatic heterocycles. The molecule has 1 atom stereocenters. The molecular formula is C17H21ClN2. The smallest absolute Gasteiger partial charge is 0.126 e. The molecule has 2 nitrogen and oxygen atoms in total. The van der Waals surface area contributed by atoms with Crippen LogP contribution in [-0.4, -0.2) is 4.98 Å². The Balaban J connectivity index is 2.13. The highest BCUT2D eigenvalue weighted by molar-refractivity contribution is 6.31. The number of benzene rings is 1. The van der Waals surface area contributed by atoms with Crippen molar-refractivity contribution in [1.82, 2.24) is 4.98 Å². The van der Waals surface area contributed by atoms with Gasteiger partial charge in [0.1, 0.15) is 5.82 Å². The van der Waals surface area contributed by atoms with Crippen LogP contribution >= 0.6 is 11.6 Å². The van der Waals surface area contributed by atoms with E-state index >= 15 is 0 Å². The summed E-state index contributed by atoms with van der Waals surface area (Å²) in [6, 6.07) is 12.1. The van der Waals surface area contributed by atoms with Crippen LogP contribution in [0.4, 0.5) is 5.82 Å². The standard InChI is InChI=1S/C17H21ClN2/c1-12(14-7-5-6-8-15(14)18)20-16-10-9-13(11-19-16)17(2,3)4/h5-12H,1-4H3,(H,19,20). The second kappa shape index (κ2) is 5.84. The molecule has 0 bridgehead atoms. The Hall–Kier alpha value is -1.54. The van der Waals surface area contributed by atoms with Gasteiger partial charge in [-0.15, -0.1) is 0 Å². The first-order valence-electron chi connectivity index (χ1n) is 6.85. The Bertz CT molecular complexity index is 570. The van der Waals surface area contributed by atoms with Crippen molar-refractivity contribution in [2.75, 3.05) is 5.32 Å². The summed E-state index contributed by atoms with van der Waals surface area (Å²) in [6.45, 7) is 8.64. The molecule has 1 N–H and O–H groups in total. The third-order valence-electron chi connectivity index (χ3n) is 3.37. The fraction of sp³-hybridized carbons (Fsp3) is 0.353. The van der Waals surface area contributed by atoms with Gasteiger partial charge in [0.15, 0.2) is 0 Å². The molecule has 0 radical (unpaired) electrons. The molecule has 2 rings (SSSR count). The van der Waals surface area contributed by atoms with Crippen LogP contribution in [0.2, 0.25) is 5.02 Å². The molecule has 0 saturated heterocycles. The first kappa shape index (κ1) is 14.9. The van der Waals surface area contributed by atoms with Gasteiger partial charge in [-0.05, 0) is 35.6 Å². The van der Waals surface area contributed by atoms with Crippen LogP contribution < -0.4 is 5.32 Å². The highest BCUT2D eigenvalue weighted by atomic mass is 35.5. The zero-order chi connectivity index (χ0) is 14.8. The predicted molar refractivity (Wildman–Crippen MR) is 86.4 cm³/mol. The molecule has 20 heavy (non-hydrogen) atoms. The van der Waals surface area contributed by atoms with Gasteiger partial charge in [0.2, 0.25) is 0 Å². The molecule has 1 unspecified atom stereocenters. The van der Waals surface area contributed by atoms with E-state index in [2.05, 4.69) is 44.1 Å². The van der Waals surface area contributed by atoms with Gasteiger partial charge < -0.3 is 5.32 Å². The van der Waals surface area contributed by atoms with E-state index in [1.165, 1.54) is 5.56 Å². The number of aromatic nitrogens is 1. The predicted octanol–water partition coefficient (Wildman–Crippen LogP) is 5.21. The first-order chi connectivity index (χ1) is 9.38. The van der Waals surface area contributed by atoms with Gasteiger partial charge in [0.05, 0.1) is 6.04 Å². The zero-order valence-electron chi connectivity index (χ0n) is 12.4. The number of nitrogens with one attached hydrogen (secondary N) is 1. The quantitative estimate of drug-likeness (QED) is 0.839. The average Bonchev–Trinajstić information content (AvgIpc) is 2.38. The van der Waals surface area contributed by atoms with E-state index < -0.39 is 0 Å². The second-order valence-electron chi connectivity index (χ2n) is 6.07. The Kier molecular flexibility index (Phi) is 4.34. The van der Waals surface area contributed by atoms with Crippen molar-refractivity contribution >= 4 is 17.4 Å². The third kappa shape index (κ3) is 3.51. The average molecular weight is 289 g/mol. The summed E-state index contributed by atoms with van der Waals surface area (Å²) in [6.07, 6.45) is 1.93. The first-order valence-corrected chi connectivity index (χ1v) is 7.23. The maximum atomic E-state index is 6.21. The second-order valence-corrected chi connectivity index (χ2v) is 6.48. The molecule has 1 heterocycles. The van der Waals surface area contributed by atoms with Crippen LogP contribution in [0, 0.1) is 0 Å². The molecule has 0 aliphatic rings. The number of nitrogens with zero attached hydrogens (tertiary/aromatic N) is 1. The van der Waals surface area contributed by atoms with Crippen LogP contribution in [-0.2, 0) is 5.41 Å². The lowest BCUT2D eigenvalue weighted by atomic mass is 9.88. The van der Waals surface area contributed by atoms with Crippen molar-refractivity contribution < 1.29 is 0 Å². The van der Waals surface area contributed by atoms with Crippen molar-refractivity contribution in [3.05, 3.63) is 58.7 Å². The molecule has 0 spiro atoms. The Labute approximate surface area is 126 Å².